The first-order chi connectivity index (χ1) is 13.8. The Bertz CT molecular complexity index is 1020. The maximum Gasteiger partial charge on any atom is 0.453 e. The molecule has 29 heavy (non-hydrogen) atoms. The molecule has 3 rings (SSSR count). The molecule has 2 aromatic heterocycles. The molecule has 0 fully saturated rings. The minimum Gasteiger partial charge on any atom is -0.484 e. The minimum absolute atomic E-state index is 0.0311. The Morgan fingerprint density at radius 1 is 1.24 bits per heavy atom. The van der Waals surface area contributed by atoms with Crippen molar-refractivity contribution in [3.8, 4) is 5.75 Å². The number of benzene rings is 1. The molecule has 0 N–H and O–H groups in total. The van der Waals surface area contributed by atoms with E-state index in [0.29, 0.717) is 32.0 Å². The van der Waals surface area contributed by atoms with Crippen LogP contribution in [0.2, 0.25) is 10.0 Å². The van der Waals surface area contributed by atoms with Gasteiger partial charge in [0.25, 0.3) is 5.82 Å². The Kier molecular flexibility index (Phi) is 6.76. The van der Waals surface area contributed by atoms with Crippen molar-refractivity contribution in [3.63, 3.8) is 0 Å². The zero-order valence-electron chi connectivity index (χ0n) is 14.8. The monoisotopic (exact) mass is 464 g/mol. The summed E-state index contributed by atoms with van der Waals surface area (Å²) < 4.78 is 51.0. The molecule has 154 valence electrons. The van der Waals surface area contributed by atoms with Crippen molar-refractivity contribution in [2.45, 2.75) is 24.9 Å². The first-order valence-corrected chi connectivity index (χ1v) is 9.88. The Labute approximate surface area is 177 Å². The third-order valence-corrected chi connectivity index (χ3v) is 4.72. The summed E-state index contributed by atoms with van der Waals surface area (Å²) in [6, 6.07) is 7.96. The Morgan fingerprint density at radius 2 is 2.03 bits per heavy atom. The van der Waals surface area contributed by atoms with Crippen molar-refractivity contribution in [3.05, 3.63) is 57.7 Å². The van der Waals surface area contributed by atoms with E-state index in [1.165, 1.54) is 0 Å². The van der Waals surface area contributed by atoms with Gasteiger partial charge in [0, 0.05) is 5.02 Å². The second-order valence-electron chi connectivity index (χ2n) is 5.46. The second kappa shape index (κ2) is 9.10. The summed E-state index contributed by atoms with van der Waals surface area (Å²) in [7, 11) is 0. The lowest BCUT2D eigenvalue weighted by atomic mass is 10.3. The predicted octanol–water partition coefficient (Wildman–Crippen LogP) is 5.77. The number of thioether (sulfide) groups is 1. The fourth-order valence-corrected chi connectivity index (χ4v) is 3.24. The molecule has 0 saturated heterocycles. The van der Waals surface area contributed by atoms with Gasteiger partial charge in [0.1, 0.15) is 23.9 Å². The van der Waals surface area contributed by atoms with E-state index in [9.17, 15) is 13.2 Å². The van der Waals surface area contributed by atoms with Crippen LogP contribution >= 0.6 is 35.0 Å². The number of nitrogens with zero attached hydrogens (tertiary/aromatic N) is 4. The summed E-state index contributed by atoms with van der Waals surface area (Å²) in [5.74, 6) is 0.391. The number of halogens is 5. The molecule has 0 saturated carbocycles. The van der Waals surface area contributed by atoms with Crippen LogP contribution in [0.25, 0.3) is 0 Å². The quantitative estimate of drug-likeness (QED) is 0.328. The van der Waals surface area contributed by atoms with E-state index in [2.05, 4.69) is 15.3 Å². The molecular formula is C17H13Cl2F3N4O2S. The van der Waals surface area contributed by atoms with Crippen molar-refractivity contribution in [2.75, 3.05) is 5.75 Å². The standard InChI is InChI=1S/C17H13Cl2F3N4O2S/c1-2-29-16-25-24-15(17(20,21)22)26(16)23-8-11-4-5-12(28-11)9-27-14-6-3-10(18)7-13(14)19/h3-8H,2,9H2,1H3. The highest BCUT2D eigenvalue weighted by molar-refractivity contribution is 7.99. The molecule has 1 aromatic carbocycles. The number of hydrogen-bond donors (Lipinski definition) is 0. The van der Waals surface area contributed by atoms with Gasteiger partial charge in [0.2, 0.25) is 5.16 Å². The van der Waals surface area contributed by atoms with Crippen molar-refractivity contribution in [1.29, 1.82) is 0 Å². The van der Waals surface area contributed by atoms with Gasteiger partial charge in [-0.15, -0.1) is 10.2 Å². The second-order valence-corrected chi connectivity index (χ2v) is 7.54. The van der Waals surface area contributed by atoms with Crippen LogP contribution < -0.4 is 4.74 Å². The predicted molar refractivity (Wildman–Crippen MR) is 104 cm³/mol. The van der Waals surface area contributed by atoms with Crippen LogP contribution in [0.5, 0.6) is 5.75 Å². The number of ether oxygens (including phenoxy) is 1. The first kappa shape index (κ1) is 21.5. The number of alkyl halides is 3. The fourth-order valence-electron chi connectivity index (χ4n) is 2.16. The van der Waals surface area contributed by atoms with Crippen molar-refractivity contribution in [2.24, 2.45) is 5.10 Å². The van der Waals surface area contributed by atoms with E-state index in [1.807, 2.05) is 0 Å². The zero-order chi connectivity index (χ0) is 21.0. The van der Waals surface area contributed by atoms with Crippen LogP contribution in [0.4, 0.5) is 13.2 Å². The van der Waals surface area contributed by atoms with E-state index < -0.39 is 12.0 Å². The summed E-state index contributed by atoms with van der Waals surface area (Å²) in [6.07, 6.45) is -3.53. The van der Waals surface area contributed by atoms with Crippen molar-refractivity contribution < 1.29 is 22.3 Å². The molecule has 0 aliphatic carbocycles. The molecule has 0 radical (unpaired) electrons. The van der Waals surface area contributed by atoms with Crippen molar-refractivity contribution >= 4 is 41.2 Å². The average molecular weight is 465 g/mol. The number of hydrogen-bond acceptors (Lipinski definition) is 6. The highest BCUT2D eigenvalue weighted by atomic mass is 35.5. The molecule has 0 aliphatic heterocycles. The Balaban J connectivity index is 1.73. The lowest BCUT2D eigenvalue weighted by molar-refractivity contribution is -0.147. The topological polar surface area (TPSA) is 65.4 Å². The van der Waals surface area contributed by atoms with Gasteiger partial charge < -0.3 is 9.15 Å². The van der Waals surface area contributed by atoms with Crippen molar-refractivity contribution in [1.82, 2.24) is 14.9 Å². The highest BCUT2D eigenvalue weighted by Crippen LogP contribution is 2.31. The zero-order valence-corrected chi connectivity index (χ0v) is 17.1. The highest BCUT2D eigenvalue weighted by Gasteiger charge is 2.38. The summed E-state index contributed by atoms with van der Waals surface area (Å²) in [4.78, 5) is 0. The molecule has 3 aromatic rings. The largest absolute Gasteiger partial charge is 0.484 e. The third-order valence-electron chi connectivity index (χ3n) is 3.39. The number of aromatic nitrogens is 3. The maximum absolute atomic E-state index is 13.1. The van der Waals surface area contributed by atoms with Crippen LogP contribution in [0.3, 0.4) is 0 Å². The molecule has 0 aliphatic rings. The van der Waals surface area contributed by atoms with Gasteiger partial charge in [-0.3, -0.25) is 0 Å². The van der Waals surface area contributed by atoms with E-state index >= 15 is 0 Å². The average Bonchev–Trinajstić information content (AvgIpc) is 3.26. The number of rotatable bonds is 7. The molecule has 0 bridgehead atoms. The third kappa shape index (κ3) is 5.46. The molecule has 6 nitrogen and oxygen atoms in total. The lowest BCUT2D eigenvalue weighted by Crippen LogP contribution is -2.13. The Hall–Kier alpha value is -2.17. The molecule has 0 atom stereocenters. The van der Waals surface area contributed by atoms with Gasteiger partial charge in [-0.05, 0) is 36.1 Å². The van der Waals surface area contributed by atoms with E-state index in [0.717, 1.165) is 18.0 Å². The molecular weight excluding hydrogens is 452 g/mol. The SMILES string of the molecule is CCSc1nnc(C(F)(F)F)n1N=Cc1ccc(COc2ccc(Cl)cc2Cl)o1. The van der Waals surface area contributed by atoms with Gasteiger partial charge in [0.15, 0.2) is 0 Å². The van der Waals surface area contributed by atoms with Crippen LogP contribution in [0.15, 0.2) is 45.0 Å². The molecule has 12 heteroatoms. The van der Waals surface area contributed by atoms with E-state index in [4.69, 9.17) is 32.4 Å². The van der Waals surface area contributed by atoms with Gasteiger partial charge in [-0.25, -0.2) is 0 Å². The maximum atomic E-state index is 13.1. The van der Waals surface area contributed by atoms with Gasteiger partial charge in [-0.2, -0.15) is 22.9 Å². The molecule has 0 unspecified atom stereocenters. The minimum atomic E-state index is -4.68. The smallest absolute Gasteiger partial charge is 0.453 e. The normalized spacial score (nSPS) is 12.1. The van der Waals surface area contributed by atoms with Crippen LogP contribution in [-0.4, -0.2) is 26.8 Å². The van der Waals surface area contributed by atoms with Gasteiger partial charge in [-0.1, -0.05) is 41.9 Å². The first-order valence-electron chi connectivity index (χ1n) is 8.14. The summed E-state index contributed by atoms with van der Waals surface area (Å²) >= 11 is 12.9. The van der Waals surface area contributed by atoms with Gasteiger partial charge in [0.05, 0.1) is 11.2 Å². The lowest BCUT2D eigenvalue weighted by Gasteiger charge is -2.06. The van der Waals surface area contributed by atoms with Crippen LogP contribution in [-0.2, 0) is 12.8 Å². The molecule has 0 amide bonds. The summed E-state index contributed by atoms with van der Waals surface area (Å²) in [5.41, 5.74) is 0. The summed E-state index contributed by atoms with van der Waals surface area (Å²) in [5, 5.41) is 11.4. The van der Waals surface area contributed by atoms with E-state index in [1.54, 1.807) is 37.3 Å². The summed E-state index contributed by atoms with van der Waals surface area (Å²) in [6.45, 7) is 1.85. The number of furan rings is 1. The fraction of sp³-hybridized carbons (Fsp3) is 0.235. The van der Waals surface area contributed by atoms with E-state index in [-0.39, 0.29) is 17.5 Å². The van der Waals surface area contributed by atoms with Crippen LogP contribution in [0, 0.1) is 0 Å². The van der Waals surface area contributed by atoms with Gasteiger partial charge >= 0.3 is 6.18 Å². The molecule has 0 spiro atoms. The van der Waals surface area contributed by atoms with Crippen LogP contribution in [0.1, 0.15) is 24.3 Å². The molecule has 2 heterocycles. The Morgan fingerprint density at radius 3 is 2.72 bits per heavy atom.